The van der Waals surface area contributed by atoms with Gasteiger partial charge in [0.15, 0.2) is 46.2 Å². The summed E-state index contributed by atoms with van der Waals surface area (Å²) in [7, 11) is 0. The molecule has 10 N–H and O–H groups in total. The van der Waals surface area contributed by atoms with Crippen molar-refractivity contribution >= 4 is 35.8 Å². The molecule has 0 aromatic heterocycles. The van der Waals surface area contributed by atoms with Crippen molar-refractivity contribution in [2.45, 2.75) is 48.3 Å². The molecule has 1 aliphatic carbocycles. The molecular weight excluding hydrogens is 784 g/mol. The lowest BCUT2D eigenvalue weighted by molar-refractivity contribution is -0.316. The first kappa shape index (κ1) is 39.7. The van der Waals surface area contributed by atoms with E-state index in [1.165, 1.54) is 36.4 Å². The number of aliphatic hydroxyl groups is 3. The van der Waals surface area contributed by atoms with Crippen molar-refractivity contribution in [1.29, 1.82) is 0 Å². The van der Waals surface area contributed by atoms with Gasteiger partial charge in [-0.15, -0.1) is 0 Å². The molecule has 0 radical (unpaired) electrons. The summed E-state index contributed by atoms with van der Waals surface area (Å²) in [4.78, 5) is 51.6. The summed E-state index contributed by atoms with van der Waals surface area (Å²) in [6, 6.07) is 12.3. The number of phenols is 6. The van der Waals surface area contributed by atoms with Gasteiger partial charge in [-0.3, -0.25) is 4.79 Å². The van der Waals surface area contributed by atoms with Crippen molar-refractivity contribution in [3.8, 4) is 51.7 Å². The lowest BCUT2D eigenvalue weighted by atomic mass is 9.79. The Balaban J connectivity index is 1.14. The molecule has 7 rings (SSSR count). The SMILES string of the molecule is O=C(C=Cc1ccc2c(c1)OC1(c3ccc(O)c(O)c3)Oc3cc(O)cc(O)c3C(=O)C1(O)O2)O[C@@H]1[C@H](O)C[C@@](O)(C(=O)O)C[C@H]1OC(=O)C=Cc1ccc(O)c(O)c1. The number of hydrogen-bond donors (Lipinski definition) is 10. The van der Waals surface area contributed by atoms with Gasteiger partial charge >= 0.3 is 29.5 Å². The average Bonchev–Trinajstić information content (AvgIpc) is 3.16. The second kappa shape index (κ2) is 14.5. The van der Waals surface area contributed by atoms with Gasteiger partial charge in [0.2, 0.25) is 0 Å². The summed E-state index contributed by atoms with van der Waals surface area (Å²) in [6.45, 7) is 0. The number of carbonyl (C=O) groups excluding carboxylic acids is 3. The van der Waals surface area contributed by atoms with Crippen LogP contribution in [0.25, 0.3) is 12.2 Å². The van der Waals surface area contributed by atoms with E-state index in [1.807, 2.05) is 0 Å². The quantitative estimate of drug-likeness (QED) is 0.0691. The molecule has 306 valence electrons. The first-order valence-electron chi connectivity index (χ1n) is 17.3. The summed E-state index contributed by atoms with van der Waals surface area (Å²) < 4.78 is 28.6. The fourth-order valence-electron chi connectivity index (χ4n) is 6.80. The highest BCUT2D eigenvalue weighted by Crippen LogP contribution is 2.55. The number of aromatic hydroxyl groups is 6. The third kappa shape index (κ3) is 7.09. The maximum absolute atomic E-state index is 13.9. The number of phenolic OH excluding ortho intramolecular Hbond substituents is 6. The molecule has 1 fully saturated rings. The van der Waals surface area contributed by atoms with Gasteiger partial charge in [0.25, 0.3) is 5.78 Å². The van der Waals surface area contributed by atoms with E-state index in [4.69, 9.17) is 23.7 Å². The normalized spacial score (nSPS) is 25.7. The summed E-state index contributed by atoms with van der Waals surface area (Å²) in [5.74, 6) is -15.5. The molecule has 0 amide bonds. The molecule has 6 atom stereocenters. The Hall–Kier alpha value is -7.48. The smallest absolute Gasteiger partial charge is 0.357 e. The van der Waals surface area contributed by atoms with Crippen LogP contribution in [-0.2, 0) is 29.6 Å². The van der Waals surface area contributed by atoms with Gasteiger partial charge in [0.1, 0.15) is 28.9 Å². The van der Waals surface area contributed by atoms with Crippen molar-refractivity contribution in [1.82, 2.24) is 0 Å². The van der Waals surface area contributed by atoms with E-state index in [-0.39, 0.29) is 28.2 Å². The van der Waals surface area contributed by atoms with E-state index in [0.717, 1.165) is 54.6 Å². The first-order chi connectivity index (χ1) is 27.8. The number of aliphatic carboxylic acids is 1. The minimum absolute atomic E-state index is 0.175. The number of rotatable bonds is 8. The molecule has 0 spiro atoms. The van der Waals surface area contributed by atoms with Crippen LogP contribution in [0.4, 0.5) is 0 Å². The molecule has 19 heteroatoms. The summed E-state index contributed by atoms with van der Waals surface area (Å²) >= 11 is 0. The highest BCUT2D eigenvalue weighted by atomic mass is 16.8. The average molecular weight is 817 g/mol. The number of aliphatic hydroxyl groups excluding tert-OH is 1. The van der Waals surface area contributed by atoms with Crippen molar-refractivity contribution in [2.24, 2.45) is 0 Å². The minimum Gasteiger partial charge on any atom is -0.508 e. The monoisotopic (exact) mass is 816 g/mol. The summed E-state index contributed by atoms with van der Waals surface area (Å²) in [5.41, 5.74) is -2.99. The Labute approximate surface area is 330 Å². The topological polar surface area (TPSA) is 317 Å². The zero-order valence-corrected chi connectivity index (χ0v) is 30.0. The fourth-order valence-corrected chi connectivity index (χ4v) is 6.80. The van der Waals surface area contributed by atoms with Crippen LogP contribution < -0.4 is 14.2 Å². The van der Waals surface area contributed by atoms with Gasteiger partial charge in [-0.1, -0.05) is 12.1 Å². The van der Waals surface area contributed by atoms with E-state index in [0.29, 0.717) is 0 Å². The number of fused-ring (bicyclic) bond motifs is 3. The van der Waals surface area contributed by atoms with Gasteiger partial charge in [0, 0.05) is 42.7 Å². The van der Waals surface area contributed by atoms with Gasteiger partial charge in [-0.05, 0) is 65.7 Å². The zero-order valence-electron chi connectivity index (χ0n) is 30.0. The van der Waals surface area contributed by atoms with Crippen LogP contribution in [0.2, 0.25) is 0 Å². The molecule has 2 unspecified atom stereocenters. The number of Topliss-reactive ketones (excluding diaryl/α,β-unsaturated/α-hetero) is 1. The van der Waals surface area contributed by atoms with Crippen molar-refractivity contribution in [3.05, 3.63) is 101 Å². The molecule has 0 saturated heterocycles. The lowest BCUT2D eigenvalue weighted by Gasteiger charge is -2.50. The number of ether oxygens (including phenoxy) is 5. The van der Waals surface area contributed by atoms with Gasteiger partial charge < -0.3 is 74.7 Å². The van der Waals surface area contributed by atoms with E-state index < -0.39 is 118 Å². The Morgan fingerprint density at radius 2 is 1.27 bits per heavy atom. The number of carbonyl (C=O) groups is 4. The van der Waals surface area contributed by atoms with Crippen LogP contribution in [0.1, 0.15) is 39.9 Å². The molecule has 4 aromatic carbocycles. The zero-order chi connectivity index (χ0) is 42.6. The molecule has 2 aliphatic heterocycles. The van der Waals surface area contributed by atoms with Crippen LogP contribution >= 0.6 is 0 Å². The minimum atomic E-state index is -3.11. The highest BCUT2D eigenvalue weighted by Gasteiger charge is 2.71. The number of benzene rings is 4. The molecule has 59 heavy (non-hydrogen) atoms. The number of carboxylic acids is 1. The van der Waals surface area contributed by atoms with E-state index in [1.54, 1.807) is 0 Å². The molecule has 0 bridgehead atoms. The van der Waals surface area contributed by atoms with Crippen molar-refractivity contribution < 1.29 is 93.9 Å². The number of esters is 2. The lowest BCUT2D eigenvalue weighted by Crippen LogP contribution is -2.70. The summed E-state index contributed by atoms with van der Waals surface area (Å²) in [5, 5.41) is 103. The maximum Gasteiger partial charge on any atom is 0.357 e. The molecule has 2 heterocycles. The molecule has 4 aromatic rings. The Bertz CT molecular complexity index is 2480. The maximum atomic E-state index is 13.9. The molecule has 19 nitrogen and oxygen atoms in total. The van der Waals surface area contributed by atoms with Gasteiger partial charge in [-0.25, -0.2) is 14.4 Å². The third-order valence-electron chi connectivity index (χ3n) is 9.71. The second-order valence-corrected chi connectivity index (χ2v) is 13.7. The molecule has 1 saturated carbocycles. The van der Waals surface area contributed by atoms with Crippen LogP contribution in [-0.4, -0.2) is 104 Å². The van der Waals surface area contributed by atoms with Crippen LogP contribution in [0, 0.1) is 0 Å². The predicted octanol–water partition coefficient (Wildman–Crippen LogP) is 2.03. The molecular formula is C40H32O19. The van der Waals surface area contributed by atoms with Crippen LogP contribution in [0.5, 0.6) is 51.7 Å². The second-order valence-electron chi connectivity index (χ2n) is 13.7. The van der Waals surface area contributed by atoms with E-state index >= 15 is 0 Å². The third-order valence-corrected chi connectivity index (χ3v) is 9.71. The van der Waals surface area contributed by atoms with Crippen molar-refractivity contribution in [3.63, 3.8) is 0 Å². The molecule has 3 aliphatic rings. The first-order valence-corrected chi connectivity index (χ1v) is 17.3. The number of carboxylic acid groups (broad SMARTS) is 1. The largest absolute Gasteiger partial charge is 0.508 e. The Morgan fingerprint density at radius 1 is 0.661 bits per heavy atom. The Morgan fingerprint density at radius 3 is 1.93 bits per heavy atom. The van der Waals surface area contributed by atoms with Crippen LogP contribution in [0.15, 0.2) is 78.9 Å². The van der Waals surface area contributed by atoms with E-state index in [2.05, 4.69) is 0 Å². The number of ketones is 1. The number of hydrogen-bond acceptors (Lipinski definition) is 18. The van der Waals surface area contributed by atoms with E-state index in [9.17, 15) is 70.2 Å². The van der Waals surface area contributed by atoms with Gasteiger partial charge in [0.05, 0.1) is 6.10 Å². The Kier molecular flexibility index (Phi) is 9.75. The highest BCUT2D eigenvalue weighted by molar-refractivity contribution is 6.08. The predicted molar refractivity (Wildman–Crippen MR) is 194 cm³/mol. The van der Waals surface area contributed by atoms with Gasteiger partial charge in [-0.2, -0.15) is 0 Å². The fraction of sp³-hybridized carbons (Fsp3) is 0.200. The summed E-state index contributed by atoms with van der Waals surface area (Å²) in [6.07, 6.45) is -2.67. The standard InChI is InChI=1S/C40H32O19/c41-21-14-26(46)34-30(15-21)59-40(20-5-7-23(43)25(45)13-20)39(54,36(34)50)57-28-8-2-19(12-29(28)58-40)4-10-33(49)56-35-27(47)16-38(53,37(51)52)17-31(35)55-32(48)9-3-18-1-6-22(42)24(44)11-18/h1-15,27,31,35,41-47,53-54H,16-17H2,(H,51,52)/t27-,31-,35-,38+,39?,40?/m1/s1. The van der Waals surface area contributed by atoms with Crippen molar-refractivity contribution in [2.75, 3.05) is 0 Å². The van der Waals surface area contributed by atoms with Crippen LogP contribution in [0.3, 0.4) is 0 Å².